The molecule has 0 unspecified atom stereocenters. The summed E-state index contributed by atoms with van der Waals surface area (Å²) in [4.78, 5) is 38.2. The molecule has 0 aromatic carbocycles. The lowest BCUT2D eigenvalue weighted by atomic mass is 10.0. The summed E-state index contributed by atoms with van der Waals surface area (Å²) in [5.41, 5.74) is 1.20. The molecular formula is C17H20F6N4O5. The average molecular weight is 474 g/mol. The lowest BCUT2D eigenvalue weighted by Gasteiger charge is -2.39. The monoisotopic (exact) mass is 474 g/mol. The minimum Gasteiger partial charge on any atom is -0.475 e. The van der Waals surface area contributed by atoms with E-state index in [1.54, 1.807) is 0 Å². The number of alkyl halides is 6. The van der Waals surface area contributed by atoms with Crippen molar-refractivity contribution < 1.29 is 50.9 Å². The van der Waals surface area contributed by atoms with Gasteiger partial charge in [0.25, 0.3) is 0 Å². The van der Waals surface area contributed by atoms with Gasteiger partial charge in [0.1, 0.15) is 0 Å². The van der Waals surface area contributed by atoms with Crippen LogP contribution in [0.4, 0.5) is 32.0 Å². The van der Waals surface area contributed by atoms with E-state index in [4.69, 9.17) is 19.8 Å². The molecule has 0 saturated carbocycles. The molecule has 0 atom stereocenters. The number of hydrogen-bond donors (Lipinski definition) is 3. The number of aliphatic carboxylic acids is 2. The Morgan fingerprint density at radius 3 is 1.59 bits per heavy atom. The van der Waals surface area contributed by atoms with E-state index in [1.165, 1.54) is 5.69 Å². The Labute approximate surface area is 177 Å². The molecule has 0 spiro atoms. The fraction of sp³-hybridized carbons (Fsp3) is 0.529. The summed E-state index contributed by atoms with van der Waals surface area (Å²) in [6.45, 7) is 5.19. The van der Waals surface area contributed by atoms with Gasteiger partial charge in [0, 0.05) is 57.3 Å². The number of carboxylic acids is 2. The van der Waals surface area contributed by atoms with Crippen molar-refractivity contribution in [2.75, 3.05) is 44.2 Å². The quantitative estimate of drug-likeness (QED) is 0.547. The summed E-state index contributed by atoms with van der Waals surface area (Å²) in [5.74, 6) is -4.97. The summed E-state index contributed by atoms with van der Waals surface area (Å²) in [6, 6.07) is 4.04. The average Bonchev–Trinajstić information content (AvgIpc) is 2.67. The molecule has 1 aromatic rings. The summed E-state index contributed by atoms with van der Waals surface area (Å²) in [7, 11) is 0. The molecule has 1 amide bonds. The van der Waals surface area contributed by atoms with Gasteiger partial charge in [-0.3, -0.25) is 9.78 Å². The Bertz CT molecular complexity index is 739. The number of carboxylic acid groups (broad SMARTS) is 2. The molecule has 15 heteroatoms. The number of hydrogen-bond acceptors (Lipinski definition) is 6. The number of carbonyl (C=O) groups is 3. The predicted molar refractivity (Wildman–Crippen MR) is 96.8 cm³/mol. The second kappa shape index (κ2) is 11.5. The van der Waals surface area contributed by atoms with E-state index in [-0.39, 0.29) is 5.92 Å². The van der Waals surface area contributed by atoms with Gasteiger partial charge in [-0.05, 0) is 12.1 Å². The molecule has 0 aliphatic carbocycles. The van der Waals surface area contributed by atoms with Gasteiger partial charge in [-0.1, -0.05) is 0 Å². The molecule has 9 nitrogen and oxygen atoms in total. The van der Waals surface area contributed by atoms with Crippen molar-refractivity contribution in [2.24, 2.45) is 5.92 Å². The van der Waals surface area contributed by atoms with E-state index in [1.807, 2.05) is 29.4 Å². The van der Waals surface area contributed by atoms with Crippen molar-refractivity contribution in [2.45, 2.75) is 12.4 Å². The lowest BCUT2D eigenvalue weighted by Crippen LogP contribution is -2.56. The van der Waals surface area contributed by atoms with E-state index >= 15 is 0 Å². The zero-order chi connectivity index (χ0) is 24.5. The highest BCUT2D eigenvalue weighted by molar-refractivity contribution is 5.80. The SMILES string of the molecule is O=C(C1CNC1)N1CCN(c2ccncc2)CC1.O=C(O)C(F)(F)F.O=C(O)C(F)(F)F. The number of halogens is 6. The van der Waals surface area contributed by atoms with Gasteiger partial charge in [0.15, 0.2) is 0 Å². The van der Waals surface area contributed by atoms with Gasteiger partial charge in [-0.15, -0.1) is 0 Å². The van der Waals surface area contributed by atoms with E-state index in [2.05, 4.69) is 15.2 Å². The van der Waals surface area contributed by atoms with Gasteiger partial charge in [-0.2, -0.15) is 26.3 Å². The summed E-state index contributed by atoms with van der Waals surface area (Å²) in [5, 5.41) is 17.4. The van der Waals surface area contributed by atoms with Gasteiger partial charge in [-0.25, -0.2) is 9.59 Å². The Hall–Kier alpha value is -3.10. The first-order valence-corrected chi connectivity index (χ1v) is 8.98. The molecule has 3 N–H and O–H groups in total. The second-order valence-corrected chi connectivity index (χ2v) is 6.48. The topological polar surface area (TPSA) is 123 Å². The van der Waals surface area contributed by atoms with Crippen molar-refractivity contribution in [3.8, 4) is 0 Å². The molecule has 2 saturated heterocycles. The molecule has 0 radical (unpaired) electrons. The molecule has 3 rings (SSSR count). The first-order valence-electron chi connectivity index (χ1n) is 8.98. The molecular weight excluding hydrogens is 454 g/mol. The van der Waals surface area contributed by atoms with Gasteiger partial charge in [0.05, 0.1) is 5.92 Å². The predicted octanol–water partition coefficient (Wildman–Crippen LogP) is 1.22. The van der Waals surface area contributed by atoms with Crippen LogP contribution >= 0.6 is 0 Å². The molecule has 2 aliphatic heterocycles. The first kappa shape index (κ1) is 26.9. The summed E-state index contributed by atoms with van der Waals surface area (Å²) < 4.78 is 63.5. The minimum absolute atomic E-state index is 0.220. The second-order valence-electron chi connectivity index (χ2n) is 6.48. The summed E-state index contributed by atoms with van der Waals surface area (Å²) >= 11 is 0. The molecule has 3 heterocycles. The van der Waals surface area contributed by atoms with Crippen LogP contribution in [0.1, 0.15) is 0 Å². The van der Waals surface area contributed by atoms with E-state index in [0.29, 0.717) is 5.91 Å². The normalized spacial score (nSPS) is 16.6. The standard InChI is InChI=1S/C13H18N4O.2C2HF3O2/c18-13(11-9-15-10-11)17-7-5-16(6-8-17)12-1-3-14-4-2-12;2*3-2(4,5)1(6)7/h1-4,11,15H,5-10H2;2*(H,6,7). The maximum absolute atomic E-state index is 12.1. The van der Waals surface area contributed by atoms with Gasteiger partial charge >= 0.3 is 24.3 Å². The van der Waals surface area contributed by atoms with Crippen LogP contribution in [-0.2, 0) is 14.4 Å². The van der Waals surface area contributed by atoms with Crippen LogP contribution in [0, 0.1) is 5.92 Å². The van der Waals surface area contributed by atoms with Crippen molar-refractivity contribution in [1.82, 2.24) is 15.2 Å². The van der Waals surface area contributed by atoms with Gasteiger partial charge < -0.3 is 25.3 Å². The fourth-order valence-electron chi connectivity index (χ4n) is 2.46. The molecule has 2 fully saturated rings. The smallest absolute Gasteiger partial charge is 0.475 e. The number of anilines is 1. The number of piperazine rings is 1. The van der Waals surface area contributed by atoms with E-state index in [0.717, 1.165) is 39.3 Å². The number of nitrogens with zero attached hydrogens (tertiary/aromatic N) is 3. The molecule has 2 aliphatic rings. The van der Waals surface area contributed by atoms with Crippen LogP contribution in [0.5, 0.6) is 0 Å². The largest absolute Gasteiger partial charge is 0.490 e. The fourth-order valence-corrected chi connectivity index (χ4v) is 2.46. The van der Waals surface area contributed by atoms with Gasteiger partial charge in [0.2, 0.25) is 5.91 Å². The molecule has 32 heavy (non-hydrogen) atoms. The van der Waals surface area contributed by atoms with Crippen LogP contribution in [0.2, 0.25) is 0 Å². The Morgan fingerprint density at radius 2 is 1.28 bits per heavy atom. The highest BCUT2D eigenvalue weighted by Crippen LogP contribution is 2.17. The molecule has 180 valence electrons. The van der Waals surface area contributed by atoms with Crippen LogP contribution in [0.3, 0.4) is 0 Å². The van der Waals surface area contributed by atoms with Crippen molar-refractivity contribution in [3.63, 3.8) is 0 Å². The first-order chi connectivity index (χ1) is 14.7. The lowest BCUT2D eigenvalue weighted by molar-refractivity contribution is -0.193. The zero-order valence-electron chi connectivity index (χ0n) is 16.4. The molecule has 0 bridgehead atoms. The van der Waals surface area contributed by atoms with Crippen LogP contribution < -0.4 is 10.2 Å². The van der Waals surface area contributed by atoms with Crippen LogP contribution in [-0.4, -0.2) is 89.6 Å². The third-order valence-corrected chi connectivity index (χ3v) is 4.23. The number of nitrogens with one attached hydrogen (secondary N) is 1. The number of pyridine rings is 1. The maximum Gasteiger partial charge on any atom is 0.490 e. The highest BCUT2D eigenvalue weighted by Gasteiger charge is 2.39. The Morgan fingerprint density at radius 1 is 0.875 bits per heavy atom. The maximum atomic E-state index is 12.1. The third-order valence-electron chi connectivity index (χ3n) is 4.23. The van der Waals surface area contributed by atoms with E-state index < -0.39 is 24.3 Å². The number of aromatic nitrogens is 1. The van der Waals surface area contributed by atoms with Crippen LogP contribution in [0.25, 0.3) is 0 Å². The third kappa shape index (κ3) is 8.95. The van der Waals surface area contributed by atoms with E-state index in [9.17, 15) is 31.1 Å². The molecule has 1 aromatic heterocycles. The minimum atomic E-state index is -5.08. The highest BCUT2D eigenvalue weighted by atomic mass is 19.4. The Kier molecular flexibility index (Phi) is 9.68. The summed E-state index contributed by atoms with van der Waals surface area (Å²) in [6.07, 6.45) is -6.54. The van der Waals surface area contributed by atoms with Crippen molar-refractivity contribution >= 4 is 23.5 Å². The van der Waals surface area contributed by atoms with Crippen molar-refractivity contribution in [1.29, 1.82) is 0 Å². The number of carbonyl (C=O) groups excluding carboxylic acids is 1. The number of amides is 1. The number of rotatable bonds is 2. The Balaban J connectivity index is 0.000000305. The van der Waals surface area contributed by atoms with Crippen molar-refractivity contribution in [3.05, 3.63) is 24.5 Å². The zero-order valence-corrected chi connectivity index (χ0v) is 16.4. The van der Waals surface area contributed by atoms with Crippen LogP contribution in [0.15, 0.2) is 24.5 Å².